The molecular formula is C10H13Cl2N3. The van der Waals surface area contributed by atoms with Crippen LogP contribution in [0.1, 0.15) is 12.6 Å². The van der Waals surface area contributed by atoms with Crippen molar-refractivity contribution in [2.45, 2.75) is 19.4 Å². The quantitative estimate of drug-likeness (QED) is 0.855. The SMILES string of the molecule is CC(N)Cc1[nH]nc2ccc(Cl)cc12.Cl. The number of nitrogens with zero attached hydrogens (tertiary/aromatic N) is 1. The van der Waals surface area contributed by atoms with Gasteiger partial charge in [-0.2, -0.15) is 5.10 Å². The lowest BCUT2D eigenvalue weighted by molar-refractivity contribution is 0.722. The van der Waals surface area contributed by atoms with Crippen molar-refractivity contribution in [3.63, 3.8) is 0 Å². The number of H-pyrrole nitrogens is 1. The second kappa shape index (κ2) is 4.84. The molecule has 0 bridgehead atoms. The molecular weight excluding hydrogens is 233 g/mol. The number of hydrogen-bond acceptors (Lipinski definition) is 2. The summed E-state index contributed by atoms with van der Waals surface area (Å²) >= 11 is 5.91. The van der Waals surface area contributed by atoms with Gasteiger partial charge < -0.3 is 5.73 Å². The molecule has 1 aromatic carbocycles. The van der Waals surface area contributed by atoms with Crippen LogP contribution in [0.15, 0.2) is 18.2 Å². The van der Waals surface area contributed by atoms with Crippen molar-refractivity contribution in [3.05, 3.63) is 28.9 Å². The molecule has 0 saturated heterocycles. The van der Waals surface area contributed by atoms with Gasteiger partial charge in [-0.05, 0) is 25.1 Å². The first kappa shape index (κ1) is 12.3. The number of fused-ring (bicyclic) bond motifs is 1. The Morgan fingerprint density at radius 3 is 2.93 bits per heavy atom. The Kier molecular flexibility index (Phi) is 3.97. The Morgan fingerprint density at radius 2 is 2.27 bits per heavy atom. The maximum atomic E-state index is 5.91. The summed E-state index contributed by atoms with van der Waals surface area (Å²) in [7, 11) is 0. The van der Waals surface area contributed by atoms with Gasteiger partial charge in [-0.3, -0.25) is 5.10 Å². The van der Waals surface area contributed by atoms with E-state index in [2.05, 4.69) is 10.2 Å². The van der Waals surface area contributed by atoms with Crippen LogP contribution in [-0.4, -0.2) is 16.2 Å². The Morgan fingerprint density at radius 1 is 1.53 bits per heavy atom. The monoisotopic (exact) mass is 245 g/mol. The van der Waals surface area contributed by atoms with Gasteiger partial charge >= 0.3 is 0 Å². The lowest BCUT2D eigenvalue weighted by Crippen LogP contribution is -2.18. The molecule has 3 N–H and O–H groups in total. The molecule has 2 rings (SSSR count). The molecule has 82 valence electrons. The third-order valence-corrected chi connectivity index (χ3v) is 2.36. The van der Waals surface area contributed by atoms with Crippen molar-refractivity contribution in [3.8, 4) is 0 Å². The summed E-state index contributed by atoms with van der Waals surface area (Å²) in [4.78, 5) is 0. The molecule has 0 aliphatic rings. The number of nitrogens with one attached hydrogen (secondary N) is 1. The fourth-order valence-corrected chi connectivity index (χ4v) is 1.69. The van der Waals surface area contributed by atoms with Crippen LogP contribution in [0.25, 0.3) is 10.9 Å². The van der Waals surface area contributed by atoms with E-state index in [1.54, 1.807) is 0 Å². The van der Waals surface area contributed by atoms with Crippen molar-refractivity contribution in [1.82, 2.24) is 10.2 Å². The molecule has 3 nitrogen and oxygen atoms in total. The average Bonchev–Trinajstić information content (AvgIpc) is 2.47. The molecule has 0 amide bonds. The molecule has 1 heterocycles. The van der Waals surface area contributed by atoms with Crippen molar-refractivity contribution >= 4 is 34.9 Å². The average molecular weight is 246 g/mol. The van der Waals surface area contributed by atoms with Gasteiger partial charge in [0, 0.05) is 28.6 Å². The minimum absolute atomic E-state index is 0. The predicted molar refractivity (Wildman–Crippen MR) is 65.7 cm³/mol. The Balaban J connectivity index is 0.00000112. The molecule has 0 fully saturated rings. The molecule has 0 aliphatic carbocycles. The topological polar surface area (TPSA) is 54.7 Å². The molecule has 1 atom stereocenters. The third kappa shape index (κ3) is 2.62. The van der Waals surface area contributed by atoms with E-state index in [0.717, 1.165) is 28.0 Å². The normalized spacial score (nSPS) is 12.5. The number of nitrogens with two attached hydrogens (primary N) is 1. The van der Waals surface area contributed by atoms with Gasteiger partial charge in [0.1, 0.15) is 0 Å². The van der Waals surface area contributed by atoms with Crippen LogP contribution >= 0.6 is 24.0 Å². The van der Waals surface area contributed by atoms with Crippen LogP contribution < -0.4 is 5.73 Å². The highest BCUT2D eigenvalue weighted by molar-refractivity contribution is 6.31. The fourth-order valence-electron chi connectivity index (χ4n) is 1.51. The summed E-state index contributed by atoms with van der Waals surface area (Å²) in [6.45, 7) is 1.97. The first-order chi connectivity index (χ1) is 6.66. The smallest absolute Gasteiger partial charge is 0.0924 e. The fraction of sp³-hybridized carbons (Fsp3) is 0.300. The highest BCUT2D eigenvalue weighted by Gasteiger charge is 2.07. The largest absolute Gasteiger partial charge is 0.328 e. The Hall–Kier alpha value is -0.770. The molecule has 0 aliphatic heterocycles. The van der Waals surface area contributed by atoms with Gasteiger partial charge in [-0.15, -0.1) is 12.4 Å². The lowest BCUT2D eigenvalue weighted by Gasteiger charge is -2.02. The summed E-state index contributed by atoms with van der Waals surface area (Å²) in [5, 5.41) is 8.95. The van der Waals surface area contributed by atoms with Crippen molar-refractivity contribution in [2.75, 3.05) is 0 Å². The van der Waals surface area contributed by atoms with Crippen LogP contribution in [0.4, 0.5) is 0 Å². The van der Waals surface area contributed by atoms with Gasteiger partial charge in [0.15, 0.2) is 0 Å². The second-order valence-electron chi connectivity index (χ2n) is 3.55. The summed E-state index contributed by atoms with van der Waals surface area (Å²) in [6, 6.07) is 5.77. The maximum Gasteiger partial charge on any atom is 0.0924 e. The Labute approximate surface area is 99.4 Å². The van der Waals surface area contributed by atoms with Gasteiger partial charge in [-0.1, -0.05) is 11.6 Å². The second-order valence-corrected chi connectivity index (χ2v) is 3.98. The Bertz CT molecular complexity index is 451. The van der Waals surface area contributed by atoms with Crippen LogP contribution in [0.2, 0.25) is 5.02 Å². The molecule has 1 aromatic heterocycles. The van der Waals surface area contributed by atoms with E-state index in [1.807, 2.05) is 25.1 Å². The van der Waals surface area contributed by atoms with Crippen LogP contribution in [0, 0.1) is 0 Å². The third-order valence-electron chi connectivity index (χ3n) is 2.12. The molecule has 0 spiro atoms. The van der Waals surface area contributed by atoms with Gasteiger partial charge in [0.2, 0.25) is 0 Å². The minimum Gasteiger partial charge on any atom is -0.328 e. The van der Waals surface area contributed by atoms with E-state index < -0.39 is 0 Å². The van der Waals surface area contributed by atoms with E-state index in [0.29, 0.717) is 0 Å². The predicted octanol–water partition coefficient (Wildman–Crippen LogP) is 2.53. The van der Waals surface area contributed by atoms with Crippen LogP contribution in [0.5, 0.6) is 0 Å². The van der Waals surface area contributed by atoms with Crippen molar-refractivity contribution in [1.29, 1.82) is 0 Å². The van der Waals surface area contributed by atoms with Crippen LogP contribution in [0.3, 0.4) is 0 Å². The van der Waals surface area contributed by atoms with Gasteiger partial charge in [-0.25, -0.2) is 0 Å². The van der Waals surface area contributed by atoms with Crippen LogP contribution in [-0.2, 0) is 6.42 Å². The first-order valence-corrected chi connectivity index (χ1v) is 4.92. The lowest BCUT2D eigenvalue weighted by atomic mass is 10.1. The van der Waals surface area contributed by atoms with E-state index in [9.17, 15) is 0 Å². The van der Waals surface area contributed by atoms with Crippen molar-refractivity contribution < 1.29 is 0 Å². The van der Waals surface area contributed by atoms with Crippen molar-refractivity contribution in [2.24, 2.45) is 5.73 Å². The summed E-state index contributed by atoms with van der Waals surface area (Å²) in [6.07, 6.45) is 0.789. The van der Waals surface area contributed by atoms with Gasteiger partial charge in [0.05, 0.1) is 5.52 Å². The summed E-state index contributed by atoms with van der Waals surface area (Å²) in [5.41, 5.74) is 7.72. The molecule has 0 saturated carbocycles. The zero-order valence-electron chi connectivity index (χ0n) is 8.33. The van der Waals surface area contributed by atoms with Gasteiger partial charge in [0.25, 0.3) is 0 Å². The number of aromatic nitrogens is 2. The maximum absolute atomic E-state index is 5.91. The molecule has 2 aromatic rings. The number of hydrogen-bond donors (Lipinski definition) is 2. The van der Waals surface area contributed by atoms with E-state index >= 15 is 0 Å². The number of rotatable bonds is 2. The zero-order chi connectivity index (χ0) is 10.1. The van der Waals surface area contributed by atoms with E-state index in [-0.39, 0.29) is 18.4 Å². The summed E-state index contributed by atoms with van der Waals surface area (Å²) < 4.78 is 0. The van der Waals surface area contributed by atoms with E-state index in [4.69, 9.17) is 17.3 Å². The number of aromatic amines is 1. The molecule has 1 unspecified atom stereocenters. The molecule has 0 radical (unpaired) electrons. The standard InChI is InChI=1S/C10H12ClN3.ClH/c1-6(12)4-10-8-5-7(11)2-3-9(8)13-14-10;/h2-3,5-6H,4,12H2,1H3,(H,13,14);1H. The molecule has 5 heteroatoms. The number of benzene rings is 1. The zero-order valence-corrected chi connectivity index (χ0v) is 9.90. The highest BCUT2D eigenvalue weighted by Crippen LogP contribution is 2.21. The highest BCUT2D eigenvalue weighted by atomic mass is 35.5. The van der Waals surface area contributed by atoms with E-state index in [1.165, 1.54) is 0 Å². The minimum atomic E-state index is 0. The first-order valence-electron chi connectivity index (χ1n) is 4.55. The number of halogens is 2. The summed E-state index contributed by atoms with van der Waals surface area (Å²) in [5.74, 6) is 0. The molecule has 15 heavy (non-hydrogen) atoms.